The van der Waals surface area contributed by atoms with Crippen LogP contribution in [-0.2, 0) is 12.2 Å². The van der Waals surface area contributed by atoms with Gasteiger partial charge in [-0.25, -0.2) is 0 Å². The fourth-order valence-corrected chi connectivity index (χ4v) is 3.67. The smallest absolute Gasteiger partial charge is 0.277 e. The van der Waals surface area contributed by atoms with Crippen LogP contribution in [0.2, 0.25) is 0 Å². The van der Waals surface area contributed by atoms with Crippen molar-refractivity contribution in [3.63, 3.8) is 0 Å². The maximum atomic E-state index is 5.76. The third-order valence-electron chi connectivity index (χ3n) is 4.67. The number of hydrogen-bond donors (Lipinski definition) is 0. The molecule has 0 saturated carbocycles. The lowest BCUT2D eigenvalue weighted by Gasteiger charge is -2.08. The monoisotopic (exact) mass is 470 g/mol. The van der Waals surface area contributed by atoms with Crippen molar-refractivity contribution in [3.8, 4) is 34.5 Å². The highest BCUT2D eigenvalue weighted by atomic mass is 32.2. The first kappa shape index (κ1) is 22.5. The molecular weight excluding hydrogens is 448 g/mol. The predicted molar refractivity (Wildman–Crippen MR) is 119 cm³/mol. The van der Waals surface area contributed by atoms with Crippen molar-refractivity contribution in [2.45, 2.75) is 17.4 Å². The van der Waals surface area contributed by atoms with E-state index in [0.717, 1.165) is 11.1 Å². The number of methoxy groups -OCH3 is 4. The van der Waals surface area contributed by atoms with E-state index >= 15 is 0 Å². The summed E-state index contributed by atoms with van der Waals surface area (Å²) in [7, 11) is 6.34. The molecule has 172 valence electrons. The summed E-state index contributed by atoms with van der Waals surface area (Å²) in [5, 5.41) is 16.8. The summed E-state index contributed by atoms with van der Waals surface area (Å²) in [4.78, 5) is 0. The lowest BCUT2D eigenvalue weighted by molar-refractivity contribution is 0.354. The molecule has 4 rings (SSSR count). The molecule has 0 atom stereocenters. The zero-order chi connectivity index (χ0) is 23.2. The van der Waals surface area contributed by atoms with Crippen LogP contribution in [0.3, 0.4) is 0 Å². The van der Waals surface area contributed by atoms with Gasteiger partial charge in [0.25, 0.3) is 5.22 Å². The van der Waals surface area contributed by atoms with Crippen LogP contribution in [0.25, 0.3) is 11.5 Å². The van der Waals surface area contributed by atoms with Crippen molar-refractivity contribution in [1.29, 1.82) is 0 Å². The molecule has 2 heterocycles. The van der Waals surface area contributed by atoms with E-state index in [1.165, 1.54) is 11.8 Å². The zero-order valence-electron chi connectivity index (χ0n) is 18.5. The number of thioether (sulfide) groups is 1. The van der Waals surface area contributed by atoms with Gasteiger partial charge in [0.05, 0.1) is 40.6 Å². The maximum Gasteiger partial charge on any atom is 0.277 e. The molecule has 0 bridgehead atoms. The summed E-state index contributed by atoms with van der Waals surface area (Å²) in [6.07, 6.45) is 0.470. The lowest BCUT2D eigenvalue weighted by Crippen LogP contribution is -1.94. The van der Waals surface area contributed by atoms with Gasteiger partial charge in [-0.1, -0.05) is 17.8 Å². The molecule has 0 spiro atoms. The van der Waals surface area contributed by atoms with Crippen LogP contribution in [0.1, 0.15) is 17.3 Å². The first-order valence-corrected chi connectivity index (χ1v) is 10.8. The number of ether oxygens (including phenoxy) is 4. The SMILES string of the molecule is COc1ccc(Cc2nnc(SCc3nnc(-c4ccc(OC)c(OC)c4)o3)o2)cc1OC. The number of hydrogen-bond acceptors (Lipinski definition) is 11. The van der Waals surface area contributed by atoms with Crippen LogP contribution in [0.5, 0.6) is 23.0 Å². The minimum Gasteiger partial charge on any atom is -0.493 e. The molecule has 0 N–H and O–H groups in total. The van der Waals surface area contributed by atoms with Crippen LogP contribution >= 0.6 is 11.8 Å². The van der Waals surface area contributed by atoms with Crippen molar-refractivity contribution in [1.82, 2.24) is 20.4 Å². The van der Waals surface area contributed by atoms with Crippen LogP contribution in [0.15, 0.2) is 50.5 Å². The fourth-order valence-electron chi connectivity index (χ4n) is 3.05. The molecule has 10 nitrogen and oxygen atoms in total. The zero-order valence-corrected chi connectivity index (χ0v) is 19.3. The molecule has 0 aliphatic carbocycles. The Morgan fingerprint density at radius 1 is 0.697 bits per heavy atom. The van der Waals surface area contributed by atoms with Crippen molar-refractivity contribution in [3.05, 3.63) is 53.7 Å². The van der Waals surface area contributed by atoms with Crippen molar-refractivity contribution < 1.29 is 27.8 Å². The maximum absolute atomic E-state index is 5.76. The Bertz CT molecular complexity index is 1230. The van der Waals surface area contributed by atoms with Gasteiger partial charge in [0.15, 0.2) is 23.0 Å². The van der Waals surface area contributed by atoms with Crippen LogP contribution < -0.4 is 18.9 Å². The molecule has 2 aromatic carbocycles. The molecule has 0 amide bonds. The fraction of sp³-hybridized carbons (Fsp3) is 0.273. The van der Waals surface area contributed by atoms with E-state index in [-0.39, 0.29) is 0 Å². The number of rotatable bonds is 10. The average Bonchev–Trinajstić information content (AvgIpc) is 3.51. The Morgan fingerprint density at radius 2 is 1.36 bits per heavy atom. The van der Waals surface area contributed by atoms with E-state index in [1.807, 2.05) is 24.3 Å². The number of nitrogens with zero attached hydrogens (tertiary/aromatic N) is 4. The topological polar surface area (TPSA) is 115 Å². The highest BCUT2D eigenvalue weighted by Crippen LogP contribution is 2.32. The van der Waals surface area contributed by atoms with Crippen molar-refractivity contribution in [2.24, 2.45) is 0 Å². The van der Waals surface area contributed by atoms with Crippen LogP contribution in [0, 0.1) is 0 Å². The molecule has 2 aromatic heterocycles. The summed E-state index contributed by atoms with van der Waals surface area (Å²) in [6, 6.07) is 11.0. The summed E-state index contributed by atoms with van der Waals surface area (Å²) in [5.74, 6) is 4.20. The summed E-state index contributed by atoms with van der Waals surface area (Å²) in [6.45, 7) is 0. The highest BCUT2D eigenvalue weighted by molar-refractivity contribution is 7.98. The molecule has 0 radical (unpaired) electrons. The minimum absolute atomic E-state index is 0.381. The van der Waals surface area contributed by atoms with Gasteiger partial charge in [-0.05, 0) is 35.9 Å². The molecule has 0 fully saturated rings. The van der Waals surface area contributed by atoms with E-state index < -0.39 is 0 Å². The Balaban J connectivity index is 1.38. The first-order chi connectivity index (χ1) is 16.1. The average molecular weight is 471 g/mol. The van der Waals surface area contributed by atoms with Gasteiger partial charge in [-0.2, -0.15) is 0 Å². The van der Waals surface area contributed by atoms with Gasteiger partial charge >= 0.3 is 0 Å². The third kappa shape index (κ3) is 5.20. The Kier molecular flexibility index (Phi) is 6.98. The van der Waals surface area contributed by atoms with Gasteiger partial charge in [0.1, 0.15) is 0 Å². The molecule has 33 heavy (non-hydrogen) atoms. The van der Waals surface area contributed by atoms with E-state index in [2.05, 4.69) is 20.4 Å². The van der Waals surface area contributed by atoms with Crippen molar-refractivity contribution in [2.75, 3.05) is 28.4 Å². The number of benzene rings is 2. The highest BCUT2D eigenvalue weighted by Gasteiger charge is 2.15. The molecule has 0 aliphatic heterocycles. The second-order valence-electron chi connectivity index (χ2n) is 6.69. The van der Waals surface area contributed by atoms with Gasteiger partial charge < -0.3 is 27.8 Å². The standard InChI is InChI=1S/C22H22N4O6S/c1-27-15-7-5-13(9-17(15)29-3)10-19-23-26-22(32-19)33-12-20-24-25-21(31-20)14-6-8-16(28-2)18(11-14)30-4/h5-9,11H,10,12H2,1-4H3. The largest absolute Gasteiger partial charge is 0.493 e. The molecular formula is C22H22N4O6S. The molecule has 11 heteroatoms. The lowest BCUT2D eigenvalue weighted by atomic mass is 10.1. The summed E-state index contributed by atoms with van der Waals surface area (Å²) < 4.78 is 32.7. The molecule has 0 unspecified atom stereocenters. The second-order valence-corrected chi connectivity index (χ2v) is 7.61. The Hall–Kier alpha value is -3.73. The van der Waals surface area contributed by atoms with Gasteiger partial charge in [-0.3, -0.25) is 0 Å². The predicted octanol–water partition coefficient (Wildman–Crippen LogP) is 4.04. The second kappa shape index (κ2) is 10.3. The Morgan fingerprint density at radius 3 is 2.09 bits per heavy atom. The van der Waals surface area contributed by atoms with Crippen LogP contribution in [0.4, 0.5) is 0 Å². The van der Waals surface area contributed by atoms with E-state index in [4.69, 9.17) is 27.8 Å². The van der Waals surface area contributed by atoms with E-state index in [0.29, 0.717) is 58.1 Å². The Labute approximate surface area is 194 Å². The van der Waals surface area contributed by atoms with Gasteiger partial charge in [-0.15, -0.1) is 20.4 Å². The summed E-state index contributed by atoms with van der Waals surface area (Å²) in [5.41, 5.74) is 1.69. The van der Waals surface area contributed by atoms with Crippen molar-refractivity contribution >= 4 is 11.8 Å². The van der Waals surface area contributed by atoms with Gasteiger partial charge in [0.2, 0.25) is 17.7 Å². The molecule has 4 aromatic rings. The van der Waals surface area contributed by atoms with Crippen LogP contribution in [-0.4, -0.2) is 48.8 Å². The van der Waals surface area contributed by atoms with E-state index in [9.17, 15) is 0 Å². The van der Waals surface area contributed by atoms with Gasteiger partial charge in [0, 0.05) is 5.56 Å². The molecule has 0 saturated heterocycles. The third-order valence-corrected chi connectivity index (χ3v) is 5.47. The number of aromatic nitrogens is 4. The van der Waals surface area contributed by atoms with E-state index in [1.54, 1.807) is 40.6 Å². The first-order valence-electron chi connectivity index (χ1n) is 9.84. The minimum atomic E-state index is 0.381. The molecule has 0 aliphatic rings. The normalized spacial score (nSPS) is 10.8. The summed E-state index contributed by atoms with van der Waals surface area (Å²) >= 11 is 1.31. The quantitative estimate of drug-likeness (QED) is 0.313.